The van der Waals surface area contributed by atoms with Crippen molar-refractivity contribution in [2.75, 3.05) is 13.2 Å². The molecule has 0 aromatic carbocycles. The number of ether oxygens (including phenoxy) is 3. The summed E-state index contributed by atoms with van der Waals surface area (Å²) in [6, 6.07) is 0. The van der Waals surface area contributed by atoms with E-state index in [0.29, 0.717) is 19.3 Å². The number of carbonyl (C=O) groups is 3. The molecule has 0 aliphatic rings. The molecule has 350 valence electrons. The molecule has 0 amide bonds. The van der Waals surface area contributed by atoms with Gasteiger partial charge in [-0.1, -0.05) is 247 Å². The van der Waals surface area contributed by atoms with E-state index < -0.39 is 6.10 Å². The molecule has 0 bridgehead atoms. The predicted octanol–water partition coefficient (Wildman–Crippen LogP) is 16.8. The quantitative estimate of drug-likeness (QED) is 0.0345. The van der Waals surface area contributed by atoms with E-state index in [0.717, 1.165) is 75.5 Å². The van der Waals surface area contributed by atoms with Crippen LogP contribution in [0.4, 0.5) is 0 Å². The van der Waals surface area contributed by atoms with Crippen LogP contribution in [-0.4, -0.2) is 37.2 Å². The highest BCUT2D eigenvalue weighted by atomic mass is 16.6. The van der Waals surface area contributed by atoms with Crippen molar-refractivity contribution in [3.05, 3.63) is 0 Å². The first kappa shape index (κ1) is 57.4. The molecule has 0 N–H and O–H groups in total. The number of esters is 3. The van der Waals surface area contributed by atoms with Gasteiger partial charge >= 0.3 is 17.9 Å². The van der Waals surface area contributed by atoms with Gasteiger partial charge in [0.2, 0.25) is 0 Å². The minimum Gasteiger partial charge on any atom is -0.462 e. The zero-order chi connectivity index (χ0) is 43.4. The maximum absolute atomic E-state index is 12.8. The van der Waals surface area contributed by atoms with Crippen molar-refractivity contribution in [3.8, 4) is 0 Å². The van der Waals surface area contributed by atoms with Crippen LogP contribution in [0.1, 0.15) is 286 Å². The molecular weight excluding hydrogens is 733 g/mol. The van der Waals surface area contributed by atoms with Crippen LogP contribution in [0.5, 0.6) is 0 Å². The number of unbranched alkanes of at least 4 members (excludes halogenated alkanes) is 28. The third kappa shape index (κ3) is 45.8. The summed E-state index contributed by atoms with van der Waals surface area (Å²) in [5, 5.41) is 0. The zero-order valence-electron chi connectivity index (χ0n) is 40.5. The third-order valence-corrected chi connectivity index (χ3v) is 12.3. The van der Waals surface area contributed by atoms with Crippen LogP contribution in [-0.2, 0) is 28.6 Å². The Balaban J connectivity index is 4.30. The number of rotatable bonds is 46. The molecule has 0 spiro atoms. The van der Waals surface area contributed by atoms with Crippen molar-refractivity contribution in [1.82, 2.24) is 0 Å². The van der Waals surface area contributed by atoms with E-state index in [1.165, 1.54) is 167 Å². The summed E-state index contributed by atoms with van der Waals surface area (Å²) in [7, 11) is 0. The molecule has 0 heterocycles. The Kier molecular flexibility index (Phi) is 43.3. The molecular formula is C53H102O6. The normalized spacial score (nSPS) is 12.6. The molecule has 59 heavy (non-hydrogen) atoms. The fourth-order valence-electron chi connectivity index (χ4n) is 7.91. The van der Waals surface area contributed by atoms with Crippen LogP contribution in [0.2, 0.25) is 0 Å². The summed E-state index contributed by atoms with van der Waals surface area (Å²) in [6.07, 6.45) is 43.7. The Labute approximate surface area is 368 Å². The molecule has 0 rings (SSSR count). The lowest BCUT2D eigenvalue weighted by Gasteiger charge is -2.18. The maximum atomic E-state index is 12.8. The zero-order valence-corrected chi connectivity index (χ0v) is 40.5. The van der Waals surface area contributed by atoms with Gasteiger partial charge < -0.3 is 14.2 Å². The molecule has 0 saturated carbocycles. The fraction of sp³-hybridized carbons (Fsp3) is 0.943. The predicted molar refractivity (Wildman–Crippen MR) is 252 cm³/mol. The second-order valence-corrected chi connectivity index (χ2v) is 19.4. The summed E-state index contributed by atoms with van der Waals surface area (Å²) in [5.74, 6) is 1.65. The molecule has 0 aliphatic carbocycles. The molecule has 0 aromatic rings. The monoisotopic (exact) mass is 835 g/mol. The second-order valence-electron chi connectivity index (χ2n) is 19.4. The van der Waals surface area contributed by atoms with E-state index in [2.05, 4.69) is 41.5 Å². The Morgan fingerprint density at radius 1 is 0.339 bits per heavy atom. The van der Waals surface area contributed by atoms with Gasteiger partial charge in [-0.3, -0.25) is 14.4 Å². The Morgan fingerprint density at radius 3 is 0.881 bits per heavy atom. The van der Waals surface area contributed by atoms with E-state index >= 15 is 0 Å². The first-order valence-electron chi connectivity index (χ1n) is 26.1. The van der Waals surface area contributed by atoms with Crippen LogP contribution < -0.4 is 0 Å². The van der Waals surface area contributed by atoms with Gasteiger partial charge in [0.05, 0.1) is 0 Å². The Morgan fingerprint density at radius 2 is 0.593 bits per heavy atom. The van der Waals surface area contributed by atoms with Crippen molar-refractivity contribution in [2.45, 2.75) is 292 Å². The van der Waals surface area contributed by atoms with E-state index in [9.17, 15) is 14.4 Å². The van der Waals surface area contributed by atoms with Gasteiger partial charge in [-0.15, -0.1) is 0 Å². The van der Waals surface area contributed by atoms with Crippen LogP contribution >= 0.6 is 0 Å². The Hall–Kier alpha value is -1.59. The fourth-order valence-corrected chi connectivity index (χ4v) is 7.91. The van der Waals surface area contributed by atoms with Crippen LogP contribution in [0, 0.1) is 17.8 Å². The maximum Gasteiger partial charge on any atom is 0.306 e. The lowest BCUT2D eigenvalue weighted by atomic mass is 9.99. The highest BCUT2D eigenvalue weighted by Crippen LogP contribution is 2.18. The molecule has 6 nitrogen and oxygen atoms in total. The lowest BCUT2D eigenvalue weighted by Crippen LogP contribution is -2.30. The highest BCUT2D eigenvalue weighted by Gasteiger charge is 2.19. The minimum absolute atomic E-state index is 0.0650. The van der Waals surface area contributed by atoms with Gasteiger partial charge in [-0.2, -0.15) is 0 Å². The SMILES string of the molecule is CCC(C)CCCCCCCCCCCCC(=O)OC[C@H](COC(=O)CCCCCCCCCCCCCCCC(C)C)OC(=O)CCCCCCCCCCC(C)C. The van der Waals surface area contributed by atoms with E-state index in [1.54, 1.807) is 0 Å². The number of hydrogen-bond acceptors (Lipinski definition) is 6. The summed E-state index contributed by atoms with van der Waals surface area (Å²) >= 11 is 0. The van der Waals surface area contributed by atoms with Crippen LogP contribution in [0.15, 0.2) is 0 Å². The van der Waals surface area contributed by atoms with E-state index in [-0.39, 0.29) is 31.1 Å². The Bertz CT molecular complexity index is 916. The van der Waals surface area contributed by atoms with Crippen molar-refractivity contribution < 1.29 is 28.6 Å². The van der Waals surface area contributed by atoms with Gasteiger partial charge in [-0.25, -0.2) is 0 Å². The van der Waals surface area contributed by atoms with Gasteiger partial charge in [0.1, 0.15) is 13.2 Å². The molecule has 0 saturated heterocycles. The van der Waals surface area contributed by atoms with Gasteiger partial charge in [0.15, 0.2) is 6.10 Å². The average molecular weight is 835 g/mol. The molecule has 0 aromatic heterocycles. The largest absolute Gasteiger partial charge is 0.462 e. The van der Waals surface area contributed by atoms with Gasteiger partial charge in [0.25, 0.3) is 0 Å². The van der Waals surface area contributed by atoms with E-state index in [1.807, 2.05) is 0 Å². The lowest BCUT2D eigenvalue weighted by molar-refractivity contribution is -0.167. The minimum atomic E-state index is -0.763. The van der Waals surface area contributed by atoms with Crippen molar-refractivity contribution in [2.24, 2.45) is 17.8 Å². The van der Waals surface area contributed by atoms with Crippen molar-refractivity contribution in [1.29, 1.82) is 0 Å². The van der Waals surface area contributed by atoms with Gasteiger partial charge in [-0.05, 0) is 37.0 Å². The summed E-state index contributed by atoms with van der Waals surface area (Å²) < 4.78 is 16.8. The molecule has 0 fully saturated rings. The summed E-state index contributed by atoms with van der Waals surface area (Å²) in [4.78, 5) is 37.9. The standard InChI is InChI=1S/C53H102O6/c1-7-49(6)41-35-29-23-16-13-14-18-25-31-37-43-52(55)58-46-50(59-53(56)44-38-32-26-20-19-22-28-34-40-48(4)5)45-57-51(54)42-36-30-24-17-12-10-8-9-11-15-21-27-33-39-47(2)3/h47-50H,7-46H2,1-6H3/t49?,50-/m0/s1. The topological polar surface area (TPSA) is 78.9 Å². The highest BCUT2D eigenvalue weighted by molar-refractivity contribution is 5.71. The third-order valence-electron chi connectivity index (χ3n) is 12.3. The van der Waals surface area contributed by atoms with Crippen LogP contribution in [0.3, 0.4) is 0 Å². The summed E-state index contributed by atoms with van der Waals surface area (Å²) in [6.45, 7) is 13.7. The van der Waals surface area contributed by atoms with Gasteiger partial charge in [0, 0.05) is 19.3 Å². The number of carbonyl (C=O) groups excluding carboxylic acids is 3. The van der Waals surface area contributed by atoms with E-state index in [4.69, 9.17) is 14.2 Å². The number of hydrogen-bond donors (Lipinski definition) is 0. The first-order valence-corrected chi connectivity index (χ1v) is 26.1. The first-order chi connectivity index (χ1) is 28.6. The molecule has 1 unspecified atom stereocenters. The van der Waals surface area contributed by atoms with Crippen molar-refractivity contribution >= 4 is 17.9 Å². The smallest absolute Gasteiger partial charge is 0.306 e. The molecule has 0 aliphatic heterocycles. The molecule has 6 heteroatoms. The van der Waals surface area contributed by atoms with Crippen LogP contribution in [0.25, 0.3) is 0 Å². The molecule has 0 radical (unpaired) electrons. The average Bonchev–Trinajstić information content (AvgIpc) is 3.20. The summed E-state index contributed by atoms with van der Waals surface area (Å²) in [5.41, 5.74) is 0. The second kappa shape index (κ2) is 44.5. The molecule has 2 atom stereocenters. The van der Waals surface area contributed by atoms with Crippen molar-refractivity contribution in [3.63, 3.8) is 0 Å².